The molecule has 1 aliphatic carbocycles. The SMILES string of the molecule is CN=C(NCC(=O)NC(C)C)NC1CCC(C)(C)CC1.I. The standard InChI is InChI=1S/C15H30N4O.HI/c1-11(2)18-13(20)10-17-14(16-5)19-12-6-8-15(3,4)9-7-12;/h11-12H,6-10H2,1-5H3,(H,18,20)(H2,16,17,19);1H. The summed E-state index contributed by atoms with van der Waals surface area (Å²) < 4.78 is 0. The van der Waals surface area contributed by atoms with Crippen LogP contribution in [0, 0.1) is 5.41 Å². The predicted molar refractivity (Wildman–Crippen MR) is 99.2 cm³/mol. The maximum atomic E-state index is 11.6. The van der Waals surface area contributed by atoms with Gasteiger partial charge < -0.3 is 16.0 Å². The van der Waals surface area contributed by atoms with Gasteiger partial charge in [-0.1, -0.05) is 13.8 Å². The van der Waals surface area contributed by atoms with Gasteiger partial charge in [0, 0.05) is 19.1 Å². The van der Waals surface area contributed by atoms with Crippen molar-refractivity contribution in [2.75, 3.05) is 13.6 Å². The molecule has 124 valence electrons. The zero-order valence-corrected chi connectivity index (χ0v) is 16.3. The third-order valence-electron chi connectivity index (χ3n) is 3.77. The number of amides is 1. The lowest BCUT2D eigenvalue weighted by molar-refractivity contribution is -0.120. The molecule has 1 rings (SSSR count). The molecule has 1 fully saturated rings. The maximum Gasteiger partial charge on any atom is 0.239 e. The Kier molecular flexibility index (Phi) is 9.24. The molecule has 21 heavy (non-hydrogen) atoms. The highest BCUT2D eigenvalue weighted by atomic mass is 127. The van der Waals surface area contributed by atoms with Gasteiger partial charge in [-0.3, -0.25) is 9.79 Å². The Balaban J connectivity index is 0.00000400. The summed E-state index contributed by atoms with van der Waals surface area (Å²) in [5, 5.41) is 9.33. The minimum atomic E-state index is -0.00673. The summed E-state index contributed by atoms with van der Waals surface area (Å²) in [5.41, 5.74) is 0.465. The van der Waals surface area contributed by atoms with E-state index in [9.17, 15) is 4.79 Å². The van der Waals surface area contributed by atoms with Crippen LogP contribution in [0.2, 0.25) is 0 Å². The molecule has 0 unspecified atom stereocenters. The Labute approximate surface area is 146 Å². The first-order chi connectivity index (χ1) is 9.32. The first-order valence-electron chi connectivity index (χ1n) is 7.59. The van der Waals surface area contributed by atoms with Crippen molar-refractivity contribution >= 4 is 35.8 Å². The molecule has 1 saturated carbocycles. The fourth-order valence-electron chi connectivity index (χ4n) is 2.47. The average Bonchev–Trinajstić information content (AvgIpc) is 2.35. The van der Waals surface area contributed by atoms with Crippen LogP contribution in [0.15, 0.2) is 4.99 Å². The van der Waals surface area contributed by atoms with Crippen LogP contribution in [0.1, 0.15) is 53.4 Å². The van der Waals surface area contributed by atoms with Gasteiger partial charge in [-0.2, -0.15) is 0 Å². The van der Waals surface area contributed by atoms with Gasteiger partial charge in [-0.05, 0) is 44.9 Å². The molecule has 0 aromatic heterocycles. The number of hydrogen-bond donors (Lipinski definition) is 3. The topological polar surface area (TPSA) is 65.5 Å². The highest BCUT2D eigenvalue weighted by Crippen LogP contribution is 2.34. The summed E-state index contributed by atoms with van der Waals surface area (Å²) in [6, 6.07) is 0.627. The molecule has 1 aliphatic rings. The number of aliphatic imine (C=N–C) groups is 1. The molecule has 0 spiro atoms. The van der Waals surface area contributed by atoms with Crippen LogP contribution in [0.3, 0.4) is 0 Å². The molecule has 1 amide bonds. The number of nitrogens with zero attached hydrogens (tertiary/aromatic N) is 1. The zero-order valence-electron chi connectivity index (χ0n) is 14.0. The van der Waals surface area contributed by atoms with E-state index in [1.54, 1.807) is 7.05 Å². The molecule has 0 atom stereocenters. The van der Waals surface area contributed by atoms with Crippen molar-refractivity contribution in [2.24, 2.45) is 10.4 Å². The van der Waals surface area contributed by atoms with E-state index in [1.807, 2.05) is 13.8 Å². The van der Waals surface area contributed by atoms with Crippen molar-refractivity contribution in [1.82, 2.24) is 16.0 Å². The van der Waals surface area contributed by atoms with Crippen LogP contribution in [0.4, 0.5) is 0 Å². The molecule has 0 heterocycles. The quantitative estimate of drug-likeness (QED) is 0.379. The fraction of sp³-hybridized carbons (Fsp3) is 0.867. The van der Waals surface area contributed by atoms with Gasteiger partial charge in [0.05, 0.1) is 6.54 Å². The molecule has 0 saturated heterocycles. The molecule has 6 heteroatoms. The second-order valence-corrected chi connectivity index (χ2v) is 6.73. The van der Waals surface area contributed by atoms with E-state index in [-0.39, 0.29) is 42.5 Å². The van der Waals surface area contributed by atoms with Crippen molar-refractivity contribution in [3.8, 4) is 0 Å². The van der Waals surface area contributed by atoms with E-state index in [1.165, 1.54) is 12.8 Å². The minimum absolute atomic E-state index is 0. The number of halogens is 1. The van der Waals surface area contributed by atoms with E-state index in [0.717, 1.165) is 12.8 Å². The van der Waals surface area contributed by atoms with Gasteiger partial charge in [0.1, 0.15) is 0 Å². The van der Waals surface area contributed by atoms with Crippen LogP contribution in [0.25, 0.3) is 0 Å². The lowest BCUT2D eigenvalue weighted by Gasteiger charge is -2.35. The van der Waals surface area contributed by atoms with Crippen LogP contribution in [-0.2, 0) is 4.79 Å². The third-order valence-corrected chi connectivity index (χ3v) is 3.77. The second-order valence-electron chi connectivity index (χ2n) is 6.73. The largest absolute Gasteiger partial charge is 0.354 e. The molecule has 0 bridgehead atoms. The third kappa shape index (κ3) is 8.48. The van der Waals surface area contributed by atoms with Crippen LogP contribution < -0.4 is 16.0 Å². The number of guanidine groups is 1. The summed E-state index contributed by atoms with van der Waals surface area (Å²) in [5.74, 6) is 0.710. The Morgan fingerprint density at radius 3 is 2.33 bits per heavy atom. The van der Waals surface area contributed by atoms with Gasteiger partial charge in [-0.15, -0.1) is 24.0 Å². The molecular formula is C15H31IN4O. The smallest absolute Gasteiger partial charge is 0.239 e. The summed E-state index contributed by atoms with van der Waals surface area (Å²) in [6.45, 7) is 8.82. The normalized spacial score (nSPS) is 18.9. The predicted octanol–water partition coefficient (Wildman–Crippen LogP) is 2.26. The molecule has 5 nitrogen and oxygen atoms in total. The Morgan fingerprint density at radius 1 is 1.29 bits per heavy atom. The first kappa shape index (κ1) is 20.5. The number of rotatable bonds is 4. The van der Waals surface area contributed by atoms with Gasteiger partial charge in [0.2, 0.25) is 5.91 Å². The lowest BCUT2D eigenvalue weighted by atomic mass is 9.75. The lowest BCUT2D eigenvalue weighted by Crippen LogP contribution is -2.48. The highest BCUT2D eigenvalue weighted by Gasteiger charge is 2.27. The second kappa shape index (κ2) is 9.48. The van der Waals surface area contributed by atoms with Crippen molar-refractivity contribution in [3.63, 3.8) is 0 Å². The van der Waals surface area contributed by atoms with E-state index in [2.05, 4.69) is 34.8 Å². The first-order valence-corrected chi connectivity index (χ1v) is 7.59. The molecule has 0 aliphatic heterocycles. The summed E-state index contributed by atoms with van der Waals surface area (Å²) >= 11 is 0. The van der Waals surface area contributed by atoms with Gasteiger partial charge >= 0.3 is 0 Å². The van der Waals surface area contributed by atoms with E-state index in [4.69, 9.17) is 0 Å². The van der Waals surface area contributed by atoms with Gasteiger partial charge in [0.15, 0.2) is 5.96 Å². The van der Waals surface area contributed by atoms with Crippen molar-refractivity contribution < 1.29 is 4.79 Å². The number of carbonyl (C=O) groups excluding carboxylic acids is 1. The maximum absolute atomic E-state index is 11.6. The van der Waals surface area contributed by atoms with Crippen LogP contribution in [-0.4, -0.2) is 37.5 Å². The average molecular weight is 410 g/mol. The van der Waals surface area contributed by atoms with Crippen molar-refractivity contribution in [1.29, 1.82) is 0 Å². The summed E-state index contributed by atoms with van der Waals surface area (Å²) in [7, 11) is 1.74. The minimum Gasteiger partial charge on any atom is -0.354 e. The van der Waals surface area contributed by atoms with Crippen LogP contribution in [0.5, 0.6) is 0 Å². The number of nitrogens with one attached hydrogen (secondary N) is 3. The van der Waals surface area contributed by atoms with Gasteiger partial charge in [-0.25, -0.2) is 0 Å². The van der Waals surface area contributed by atoms with E-state index < -0.39 is 0 Å². The van der Waals surface area contributed by atoms with Crippen molar-refractivity contribution in [2.45, 2.75) is 65.5 Å². The summed E-state index contributed by atoms with van der Waals surface area (Å²) in [6.07, 6.45) is 4.78. The Bertz CT molecular complexity index is 346. The number of hydrogen-bond acceptors (Lipinski definition) is 2. The number of carbonyl (C=O) groups is 1. The van der Waals surface area contributed by atoms with Crippen LogP contribution >= 0.6 is 24.0 Å². The van der Waals surface area contributed by atoms with Crippen molar-refractivity contribution in [3.05, 3.63) is 0 Å². The monoisotopic (exact) mass is 410 g/mol. The van der Waals surface area contributed by atoms with E-state index >= 15 is 0 Å². The highest BCUT2D eigenvalue weighted by molar-refractivity contribution is 14.0. The Hall–Kier alpha value is -0.530. The molecular weight excluding hydrogens is 379 g/mol. The molecule has 0 aromatic rings. The fourth-order valence-corrected chi connectivity index (χ4v) is 2.47. The molecule has 0 aromatic carbocycles. The van der Waals surface area contributed by atoms with E-state index in [0.29, 0.717) is 17.4 Å². The molecule has 3 N–H and O–H groups in total. The Morgan fingerprint density at radius 2 is 1.86 bits per heavy atom. The van der Waals surface area contributed by atoms with Gasteiger partial charge in [0.25, 0.3) is 0 Å². The molecule has 0 radical (unpaired) electrons. The zero-order chi connectivity index (χ0) is 15.2. The summed E-state index contributed by atoms with van der Waals surface area (Å²) in [4.78, 5) is 15.8.